The zero-order chi connectivity index (χ0) is 24.0. The minimum atomic E-state index is -4.35. The number of hydrogen-bond donors (Lipinski definition) is 2. The highest BCUT2D eigenvalue weighted by Crippen LogP contribution is 2.48. The van der Waals surface area contributed by atoms with Crippen molar-refractivity contribution in [1.82, 2.24) is 0 Å². The number of fused-ring (bicyclic) bond motifs is 2. The van der Waals surface area contributed by atoms with E-state index >= 15 is 0 Å². The van der Waals surface area contributed by atoms with Crippen molar-refractivity contribution in [2.45, 2.75) is 18.4 Å². The van der Waals surface area contributed by atoms with Crippen LogP contribution in [0.2, 0.25) is 0 Å². The molecule has 0 amide bonds. The van der Waals surface area contributed by atoms with E-state index in [2.05, 4.69) is 0 Å². The Labute approximate surface area is 203 Å². The van der Waals surface area contributed by atoms with E-state index in [1.54, 1.807) is 23.0 Å². The van der Waals surface area contributed by atoms with Crippen molar-refractivity contribution < 1.29 is 31.9 Å². The Morgan fingerprint density at radius 2 is 2.03 bits per heavy atom. The molecule has 2 aromatic carbocycles. The van der Waals surface area contributed by atoms with Gasteiger partial charge in [-0.1, -0.05) is 29.2 Å². The zero-order valence-corrected chi connectivity index (χ0v) is 20.3. The molecule has 2 aromatic heterocycles. The number of anilines is 1. The first-order valence-electron chi connectivity index (χ1n) is 10.1. The van der Waals surface area contributed by atoms with E-state index in [1.165, 1.54) is 28.0 Å². The van der Waals surface area contributed by atoms with Gasteiger partial charge in [0.1, 0.15) is 10.5 Å². The van der Waals surface area contributed by atoms with Gasteiger partial charge in [-0.05, 0) is 48.9 Å². The fraction of sp³-hybridized carbons (Fsp3) is 0.130. The van der Waals surface area contributed by atoms with Crippen LogP contribution in [0.4, 0.5) is 5.69 Å². The van der Waals surface area contributed by atoms with E-state index in [1.807, 2.05) is 49.4 Å². The summed E-state index contributed by atoms with van der Waals surface area (Å²) in [6, 6.07) is 15.0. The molecule has 11 heteroatoms. The van der Waals surface area contributed by atoms with Crippen molar-refractivity contribution in [2.24, 2.45) is 0 Å². The highest BCUT2D eigenvalue weighted by atomic mass is 32.2. The fourth-order valence-corrected chi connectivity index (χ4v) is 6.74. The van der Waals surface area contributed by atoms with Gasteiger partial charge in [0.25, 0.3) is 15.1 Å². The summed E-state index contributed by atoms with van der Waals surface area (Å²) in [4.78, 5) is 13.9. The standard InChI is InChI=1S/C23H18N2O6S3/c1-14-4-6-19-16(9-14)24(12-23(26)27)21(32-19)11-22-25(13-34(28,29)30)17-10-15(5-7-20(17)33-22)18-3-2-8-31-18/h2-11H,12-13H2,1H3,(H-,26,27,28,29,30)/p+1. The molecule has 0 spiro atoms. The SMILES string of the molecule is Cc1ccc2sc(C=C3Sc4ccc(-c5ccco5)cc4N3CS(=O)(=O)O)[n+](CC(=O)O)c2c1. The van der Waals surface area contributed by atoms with Gasteiger partial charge in [-0.15, -0.1) is 0 Å². The molecule has 2 N–H and O–H groups in total. The number of aromatic nitrogens is 1. The van der Waals surface area contributed by atoms with Crippen LogP contribution in [0.25, 0.3) is 27.6 Å². The summed E-state index contributed by atoms with van der Waals surface area (Å²) >= 11 is 2.77. The largest absolute Gasteiger partial charge is 0.477 e. The minimum Gasteiger partial charge on any atom is -0.477 e. The average Bonchev–Trinajstić information content (AvgIpc) is 3.47. The molecule has 0 radical (unpaired) electrons. The van der Waals surface area contributed by atoms with E-state index in [0.717, 1.165) is 26.2 Å². The minimum absolute atomic E-state index is 0.235. The van der Waals surface area contributed by atoms with Crippen molar-refractivity contribution in [1.29, 1.82) is 0 Å². The highest BCUT2D eigenvalue weighted by Gasteiger charge is 2.31. The number of carboxylic acid groups (broad SMARTS) is 1. The van der Waals surface area contributed by atoms with E-state index < -0.39 is 22.0 Å². The zero-order valence-electron chi connectivity index (χ0n) is 17.8. The Balaban J connectivity index is 1.64. The lowest BCUT2D eigenvalue weighted by Gasteiger charge is -2.18. The number of carboxylic acids is 1. The molecule has 1 aliphatic rings. The van der Waals surface area contributed by atoms with E-state index in [0.29, 0.717) is 21.5 Å². The van der Waals surface area contributed by atoms with Gasteiger partial charge >= 0.3 is 5.97 Å². The van der Waals surface area contributed by atoms with E-state index in [4.69, 9.17) is 4.42 Å². The predicted octanol–water partition coefficient (Wildman–Crippen LogP) is 4.60. The smallest absolute Gasteiger partial charge is 0.370 e. The summed E-state index contributed by atoms with van der Waals surface area (Å²) in [6.45, 7) is 1.70. The van der Waals surface area contributed by atoms with Crippen LogP contribution in [0.5, 0.6) is 0 Å². The van der Waals surface area contributed by atoms with Gasteiger partial charge in [-0.25, -0.2) is 4.79 Å². The molecule has 5 rings (SSSR count). The number of thiazole rings is 1. The predicted molar refractivity (Wildman–Crippen MR) is 131 cm³/mol. The molecule has 174 valence electrons. The molecule has 0 atom stereocenters. The normalized spacial score (nSPS) is 14.8. The molecule has 3 heterocycles. The first-order chi connectivity index (χ1) is 16.2. The number of aryl methyl sites for hydroxylation is 1. The number of furan rings is 1. The Morgan fingerprint density at radius 3 is 2.74 bits per heavy atom. The molecule has 4 aromatic rings. The Morgan fingerprint density at radius 1 is 1.21 bits per heavy atom. The molecule has 1 aliphatic heterocycles. The monoisotopic (exact) mass is 515 g/mol. The second-order valence-electron chi connectivity index (χ2n) is 7.77. The molecule has 0 aliphatic carbocycles. The lowest BCUT2D eigenvalue weighted by molar-refractivity contribution is -0.657. The number of carbonyl (C=O) groups is 1. The van der Waals surface area contributed by atoms with Crippen LogP contribution < -0.4 is 9.47 Å². The summed E-state index contributed by atoms with van der Waals surface area (Å²) in [5.74, 6) is -0.981. The van der Waals surface area contributed by atoms with Gasteiger partial charge in [0.2, 0.25) is 12.1 Å². The fourth-order valence-electron chi connectivity index (χ4n) is 3.82. The second kappa shape index (κ2) is 8.58. The number of rotatable bonds is 6. The summed E-state index contributed by atoms with van der Waals surface area (Å²) in [5.41, 5.74) is 3.18. The van der Waals surface area contributed by atoms with Gasteiger partial charge < -0.3 is 14.4 Å². The van der Waals surface area contributed by atoms with E-state index in [9.17, 15) is 22.9 Å². The van der Waals surface area contributed by atoms with Crippen LogP contribution in [-0.2, 0) is 21.5 Å². The third-order valence-electron chi connectivity index (χ3n) is 5.25. The number of hydrogen-bond acceptors (Lipinski definition) is 7. The summed E-state index contributed by atoms with van der Waals surface area (Å²) in [7, 11) is -4.35. The van der Waals surface area contributed by atoms with Crippen molar-refractivity contribution >= 4 is 61.2 Å². The maximum atomic E-state index is 11.9. The topological polar surface area (TPSA) is 112 Å². The lowest BCUT2D eigenvalue weighted by atomic mass is 10.1. The lowest BCUT2D eigenvalue weighted by Crippen LogP contribution is -2.39. The number of benzene rings is 2. The van der Waals surface area contributed by atoms with Crippen LogP contribution in [0.1, 0.15) is 10.6 Å². The van der Waals surface area contributed by atoms with Crippen molar-refractivity contribution in [2.75, 3.05) is 10.8 Å². The number of thioether (sulfide) groups is 1. The van der Waals surface area contributed by atoms with Gasteiger partial charge in [0.15, 0.2) is 5.88 Å². The number of nitrogens with zero attached hydrogens (tertiary/aromatic N) is 2. The highest BCUT2D eigenvalue weighted by molar-refractivity contribution is 8.04. The average molecular weight is 516 g/mol. The van der Waals surface area contributed by atoms with Crippen LogP contribution >= 0.6 is 23.1 Å². The maximum Gasteiger partial charge on any atom is 0.370 e. The van der Waals surface area contributed by atoms with Crippen LogP contribution in [0.3, 0.4) is 0 Å². The molecular weight excluding hydrogens is 496 g/mol. The molecular formula is C23H19N2O6S3+. The van der Waals surface area contributed by atoms with Crippen molar-refractivity contribution in [3.63, 3.8) is 0 Å². The molecule has 0 saturated heterocycles. The van der Waals surface area contributed by atoms with Crippen LogP contribution in [-0.4, -0.2) is 29.9 Å². The summed E-state index contributed by atoms with van der Waals surface area (Å²) in [5, 5.41) is 10.7. The molecule has 0 bridgehead atoms. The van der Waals surface area contributed by atoms with Gasteiger partial charge in [-0.3, -0.25) is 4.55 Å². The van der Waals surface area contributed by atoms with Crippen molar-refractivity contribution in [3.05, 3.63) is 70.4 Å². The quantitative estimate of drug-likeness (QED) is 0.283. The second-order valence-corrected chi connectivity index (χ2v) is 11.3. The van der Waals surface area contributed by atoms with Crippen LogP contribution in [0, 0.1) is 6.92 Å². The van der Waals surface area contributed by atoms with Gasteiger partial charge in [0, 0.05) is 16.5 Å². The number of aliphatic carboxylic acids is 1. The van der Waals surface area contributed by atoms with E-state index in [-0.39, 0.29) is 6.54 Å². The Hall–Kier alpha value is -3.12. The molecule has 8 nitrogen and oxygen atoms in total. The third kappa shape index (κ3) is 4.47. The van der Waals surface area contributed by atoms with Gasteiger partial charge in [-0.2, -0.15) is 13.0 Å². The summed E-state index contributed by atoms with van der Waals surface area (Å²) in [6.07, 6.45) is 3.33. The Kier molecular flexibility index (Phi) is 5.72. The molecule has 34 heavy (non-hydrogen) atoms. The molecule has 0 saturated carbocycles. The third-order valence-corrected chi connectivity index (χ3v) is 8.06. The maximum absolute atomic E-state index is 11.9. The Bertz CT molecular complexity index is 1560. The van der Waals surface area contributed by atoms with Crippen molar-refractivity contribution in [3.8, 4) is 11.3 Å². The molecule has 0 unspecified atom stereocenters. The first kappa shape index (κ1) is 22.7. The van der Waals surface area contributed by atoms with Crippen LogP contribution in [0.15, 0.2) is 69.1 Å². The summed E-state index contributed by atoms with van der Waals surface area (Å²) < 4.78 is 41.5. The first-order valence-corrected chi connectivity index (χ1v) is 13.4. The molecule has 0 fully saturated rings. The van der Waals surface area contributed by atoms with Gasteiger partial charge in [0.05, 0.1) is 23.1 Å².